The Morgan fingerprint density at radius 3 is 2.74 bits per heavy atom. The van der Waals surface area contributed by atoms with Crippen LogP contribution in [-0.2, 0) is 13.0 Å². The number of fused-ring (bicyclic) bond motifs is 7. The lowest BCUT2D eigenvalue weighted by Gasteiger charge is -2.22. The van der Waals surface area contributed by atoms with E-state index in [9.17, 15) is 4.39 Å². The van der Waals surface area contributed by atoms with Crippen molar-refractivity contribution < 1.29 is 13.5 Å². The molecule has 0 radical (unpaired) electrons. The number of aromatic nitrogens is 5. The summed E-state index contributed by atoms with van der Waals surface area (Å²) >= 11 is 0. The van der Waals surface area contributed by atoms with Crippen LogP contribution < -0.4 is 10.5 Å². The Labute approximate surface area is 224 Å². The van der Waals surface area contributed by atoms with Crippen molar-refractivity contribution in [3.05, 3.63) is 83.5 Å². The highest BCUT2D eigenvalue weighted by molar-refractivity contribution is 5.77. The highest BCUT2D eigenvalue weighted by atomic mass is 19.1. The second-order valence-corrected chi connectivity index (χ2v) is 10.3. The molecule has 196 valence electrons. The third kappa shape index (κ3) is 4.14. The molecule has 4 aromatic heterocycles. The van der Waals surface area contributed by atoms with Crippen LogP contribution in [0.25, 0.3) is 33.9 Å². The summed E-state index contributed by atoms with van der Waals surface area (Å²) in [6, 6.07) is 10.6. The van der Waals surface area contributed by atoms with Gasteiger partial charge in [0.1, 0.15) is 29.1 Å². The molecule has 5 heterocycles. The molecule has 5 aromatic rings. The van der Waals surface area contributed by atoms with Crippen molar-refractivity contribution in [1.29, 1.82) is 0 Å². The average molecular weight is 523 g/mol. The van der Waals surface area contributed by atoms with E-state index >= 15 is 0 Å². The first-order valence-electron chi connectivity index (χ1n) is 13.1. The number of ether oxygens (including phenoxy) is 1. The summed E-state index contributed by atoms with van der Waals surface area (Å²) in [6.07, 6.45) is 7.35. The topological polar surface area (TPSA) is 105 Å². The van der Waals surface area contributed by atoms with Crippen LogP contribution in [0.1, 0.15) is 48.3 Å². The number of benzene rings is 1. The number of halogens is 1. The van der Waals surface area contributed by atoms with Gasteiger partial charge in [0.05, 0.1) is 11.4 Å². The highest BCUT2D eigenvalue weighted by Gasteiger charge is 2.30. The average Bonchev–Trinajstić information content (AvgIpc) is 3.54. The molecule has 1 saturated carbocycles. The predicted octanol–water partition coefficient (Wildman–Crippen LogP) is 6.15. The number of nitrogen functional groups attached to an aromatic ring is 1. The van der Waals surface area contributed by atoms with Crippen LogP contribution in [0, 0.1) is 18.7 Å². The quantitative estimate of drug-likeness (QED) is 0.303. The second-order valence-electron chi connectivity index (χ2n) is 10.3. The number of pyridine rings is 2. The molecule has 8 nitrogen and oxygen atoms in total. The molecule has 2 bridgehead atoms. The van der Waals surface area contributed by atoms with Gasteiger partial charge in [-0.1, -0.05) is 6.07 Å². The van der Waals surface area contributed by atoms with Gasteiger partial charge in [-0.3, -0.25) is 9.67 Å². The molecule has 39 heavy (non-hydrogen) atoms. The fourth-order valence-electron chi connectivity index (χ4n) is 5.42. The number of hydrogen-bond donors (Lipinski definition) is 1. The molecule has 7 rings (SSSR count). The van der Waals surface area contributed by atoms with Gasteiger partial charge >= 0.3 is 0 Å². The highest BCUT2D eigenvalue weighted by Crippen LogP contribution is 2.42. The van der Waals surface area contributed by atoms with Crippen LogP contribution in [-0.4, -0.2) is 24.7 Å². The van der Waals surface area contributed by atoms with Crippen LogP contribution in [0.4, 0.5) is 10.2 Å². The van der Waals surface area contributed by atoms with E-state index < -0.39 is 6.10 Å². The molecule has 1 aromatic carbocycles. The molecule has 2 N–H and O–H groups in total. The van der Waals surface area contributed by atoms with Gasteiger partial charge in [0.2, 0.25) is 0 Å². The van der Waals surface area contributed by atoms with Crippen molar-refractivity contribution >= 4 is 5.82 Å². The van der Waals surface area contributed by atoms with Crippen molar-refractivity contribution in [3.63, 3.8) is 0 Å². The minimum Gasteiger partial charge on any atom is -0.482 e. The first kappa shape index (κ1) is 23.6. The molecule has 1 atom stereocenters. The summed E-state index contributed by atoms with van der Waals surface area (Å²) in [5.74, 6) is 1.62. The number of oxazole rings is 1. The Morgan fingerprint density at radius 1 is 1.08 bits per heavy atom. The lowest BCUT2D eigenvalue weighted by atomic mass is 9.92. The van der Waals surface area contributed by atoms with E-state index in [1.54, 1.807) is 18.5 Å². The van der Waals surface area contributed by atoms with Crippen LogP contribution >= 0.6 is 0 Å². The van der Waals surface area contributed by atoms with E-state index in [1.807, 2.05) is 26.0 Å². The standard InChI is InChI=1S/C30H27FN6O2/c1-16-23-12-21(31)7-8-22(23)27-19(4-3-9-33-27)10-24-28(26-17(2)38-15-35-26)36-37(14-18-5-6-18)29(24)20-11-25(39-16)30(32)34-13-20/h3-4,7-9,11-13,15-16,18H,5-6,10,14H2,1-2H3,(H2,32,34)/t16-/m1/s1. The van der Waals surface area contributed by atoms with Gasteiger partial charge in [0.25, 0.3) is 0 Å². The Hall–Kier alpha value is -4.53. The number of hydrogen-bond acceptors (Lipinski definition) is 7. The molecular weight excluding hydrogens is 495 g/mol. The molecule has 0 saturated heterocycles. The van der Waals surface area contributed by atoms with E-state index in [0.717, 1.165) is 45.9 Å². The Kier molecular flexibility index (Phi) is 5.47. The predicted molar refractivity (Wildman–Crippen MR) is 144 cm³/mol. The number of aryl methyl sites for hydroxylation is 1. The van der Waals surface area contributed by atoms with Gasteiger partial charge in [0, 0.05) is 47.6 Å². The lowest BCUT2D eigenvalue weighted by molar-refractivity contribution is 0.227. The van der Waals surface area contributed by atoms with Gasteiger partial charge in [-0.15, -0.1) is 0 Å². The monoisotopic (exact) mass is 522 g/mol. The second kappa shape index (κ2) is 9.04. The molecule has 0 amide bonds. The minimum atomic E-state index is -0.506. The van der Waals surface area contributed by atoms with Gasteiger partial charge in [0.15, 0.2) is 18.0 Å². The Morgan fingerprint density at radius 2 is 1.95 bits per heavy atom. The molecule has 0 spiro atoms. The van der Waals surface area contributed by atoms with Crippen LogP contribution in [0.15, 0.2) is 59.6 Å². The normalized spacial score (nSPS) is 16.3. The minimum absolute atomic E-state index is 0.265. The fourth-order valence-corrected chi connectivity index (χ4v) is 5.42. The summed E-state index contributed by atoms with van der Waals surface area (Å²) in [5, 5.41) is 5.11. The number of nitrogens with zero attached hydrogens (tertiary/aromatic N) is 5. The zero-order valence-corrected chi connectivity index (χ0v) is 21.7. The summed E-state index contributed by atoms with van der Waals surface area (Å²) < 4.78 is 28.5. The number of rotatable bonds is 3. The van der Waals surface area contributed by atoms with Crippen molar-refractivity contribution in [1.82, 2.24) is 24.7 Å². The van der Waals surface area contributed by atoms with E-state index in [0.29, 0.717) is 35.1 Å². The fraction of sp³-hybridized carbons (Fsp3) is 0.267. The third-order valence-electron chi connectivity index (χ3n) is 7.57. The molecule has 1 aliphatic heterocycles. The molecular formula is C30H27FN6O2. The van der Waals surface area contributed by atoms with Crippen molar-refractivity contribution in [2.75, 3.05) is 5.73 Å². The maximum absolute atomic E-state index is 14.5. The van der Waals surface area contributed by atoms with E-state index in [1.165, 1.54) is 31.4 Å². The first-order chi connectivity index (χ1) is 19.0. The lowest BCUT2D eigenvalue weighted by Crippen LogP contribution is -2.11. The van der Waals surface area contributed by atoms with Crippen molar-refractivity contribution in [2.24, 2.45) is 5.92 Å². The van der Waals surface area contributed by atoms with E-state index in [2.05, 4.69) is 20.7 Å². The SMILES string of the molecule is Cc1ocnc1-c1nn(CC2CC2)c2c1Cc1cccnc1-c1ccc(F)cc1[C@@H](C)Oc1cc-2cnc1N. The summed E-state index contributed by atoms with van der Waals surface area (Å²) in [6.45, 7) is 4.56. The number of anilines is 1. The summed E-state index contributed by atoms with van der Waals surface area (Å²) in [7, 11) is 0. The third-order valence-corrected chi connectivity index (χ3v) is 7.57. The van der Waals surface area contributed by atoms with E-state index in [-0.39, 0.29) is 11.6 Å². The van der Waals surface area contributed by atoms with E-state index in [4.69, 9.17) is 25.0 Å². The maximum atomic E-state index is 14.5. The largest absolute Gasteiger partial charge is 0.482 e. The van der Waals surface area contributed by atoms with Crippen molar-refractivity contribution in [3.8, 4) is 39.7 Å². The molecule has 1 fully saturated rings. The van der Waals surface area contributed by atoms with Crippen LogP contribution in [0.2, 0.25) is 0 Å². The van der Waals surface area contributed by atoms with Crippen molar-refractivity contribution in [2.45, 2.75) is 45.8 Å². The van der Waals surface area contributed by atoms with Gasteiger partial charge in [-0.25, -0.2) is 14.4 Å². The first-order valence-corrected chi connectivity index (χ1v) is 13.1. The van der Waals surface area contributed by atoms with Crippen LogP contribution in [0.5, 0.6) is 5.75 Å². The smallest absolute Gasteiger partial charge is 0.181 e. The molecule has 1 aliphatic carbocycles. The molecule has 9 heteroatoms. The zero-order valence-electron chi connectivity index (χ0n) is 21.7. The van der Waals surface area contributed by atoms with Crippen LogP contribution in [0.3, 0.4) is 0 Å². The maximum Gasteiger partial charge on any atom is 0.181 e. The summed E-state index contributed by atoms with van der Waals surface area (Å²) in [5.41, 5.74) is 13.7. The summed E-state index contributed by atoms with van der Waals surface area (Å²) in [4.78, 5) is 13.8. The zero-order chi connectivity index (χ0) is 26.7. The molecule has 2 aliphatic rings. The Balaban J connectivity index is 1.54. The molecule has 0 unspecified atom stereocenters. The Bertz CT molecular complexity index is 1720. The number of nitrogens with two attached hydrogens (primary N) is 1. The van der Waals surface area contributed by atoms with Gasteiger partial charge in [-0.2, -0.15) is 5.10 Å². The van der Waals surface area contributed by atoms with Gasteiger partial charge < -0.3 is 14.9 Å². The van der Waals surface area contributed by atoms with Gasteiger partial charge in [-0.05, 0) is 68.5 Å².